The second kappa shape index (κ2) is 8.38. The van der Waals surface area contributed by atoms with Crippen molar-refractivity contribution < 1.29 is 9.18 Å². The lowest BCUT2D eigenvalue weighted by Gasteiger charge is -2.56. The van der Waals surface area contributed by atoms with Crippen molar-refractivity contribution in [2.24, 2.45) is 0 Å². The molecule has 2 unspecified atom stereocenters. The van der Waals surface area contributed by atoms with Crippen molar-refractivity contribution in [3.63, 3.8) is 0 Å². The Morgan fingerprint density at radius 1 is 1.03 bits per heavy atom. The van der Waals surface area contributed by atoms with Crippen LogP contribution in [0.1, 0.15) is 22.5 Å². The van der Waals surface area contributed by atoms with Crippen LogP contribution in [0.4, 0.5) is 4.39 Å². The van der Waals surface area contributed by atoms with E-state index in [4.69, 9.17) is 28.2 Å². The number of hydrogen-bond acceptors (Lipinski definition) is 3. The fourth-order valence-electron chi connectivity index (χ4n) is 5.21. The molecule has 34 heavy (non-hydrogen) atoms. The zero-order valence-corrected chi connectivity index (χ0v) is 19.7. The molecule has 5 nitrogen and oxygen atoms in total. The maximum absolute atomic E-state index is 13.7. The summed E-state index contributed by atoms with van der Waals surface area (Å²) in [4.78, 5) is 22.2. The minimum Gasteiger partial charge on any atom is -0.330 e. The molecule has 2 atom stereocenters. The van der Waals surface area contributed by atoms with E-state index >= 15 is 0 Å². The van der Waals surface area contributed by atoms with Crippen molar-refractivity contribution in [1.82, 2.24) is 19.2 Å². The summed E-state index contributed by atoms with van der Waals surface area (Å²) < 4.78 is 15.9. The van der Waals surface area contributed by atoms with E-state index in [9.17, 15) is 9.18 Å². The van der Waals surface area contributed by atoms with Gasteiger partial charge in [0.05, 0.1) is 22.0 Å². The number of fused-ring (bicyclic) bond motifs is 3. The van der Waals surface area contributed by atoms with E-state index in [0.717, 1.165) is 42.1 Å². The van der Waals surface area contributed by atoms with Crippen LogP contribution >= 0.6 is 23.2 Å². The Bertz CT molecular complexity index is 1390. The highest BCUT2D eigenvalue weighted by atomic mass is 35.5. The van der Waals surface area contributed by atoms with E-state index in [1.165, 1.54) is 18.2 Å². The fraction of sp³-hybridized carbons (Fsp3) is 0.231. The van der Waals surface area contributed by atoms with Crippen LogP contribution in [-0.4, -0.2) is 50.3 Å². The molecule has 4 aromatic rings. The van der Waals surface area contributed by atoms with Crippen LogP contribution in [0.15, 0.2) is 66.9 Å². The Morgan fingerprint density at radius 2 is 1.79 bits per heavy atom. The summed E-state index contributed by atoms with van der Waals surface area (Å²) in [6.07, 6.45) is 2.98. The monoisotopic (exact) mass is 494 g/mol. The Kier molecular flexibility index (Phi) is 5.32. The largest absolute Gasteiger partial charge is 0.330 e. The lowest BCUT2D eigenvalue weighted by atomic mass is 9.86. The van der Waals surface area contributed by atoms with Gasteiger partial charge < -0.3 is 9.30 Å². The van der Waals surface area contributed by atoms with Gasteiger partial charge in [-0.1, -0.05) is 41.4 Å². The van der Waals surface area contributed by atoms with E-state index in [1.54, 1.807) is 0 Å². The Morgan fingerprint density at radius 3 is 2.56 bits per heavy atom. The van der Waals surface area contributed by atoms with Gasteiger partial charge in [0, 0.05) is 48.5 Å². The third kappa shape index (κ3) is 3.66. The second-order valence-corrected chi connectivity index (χ2v) is 9.76. The van der Waals surface area contributed by atoms with Crippen LogP contribution in [0.2, 0.25) is 10.0 Å². The number of rotatable bonds is 4. The normalized spacial score (nSPS) is 19.9. The molecule has 2 aromatic carbocycles. The number of halogens is 3. The number of hydrogen-bond donors (Lipinski definition) is 0. The van der Waals surface area contributed by atoms with Crippen LogP contribution in [0.3, 0.4) is 0 Å². The van der Waals surface area contributed by atoms with Crippen molar-refractivity contribution in [2.45, 2.75) is 25.0 Å². The maximum Gasteiger partial charge on any atom is 0.256 e. The minimum absolute atomic E-state index is 0.0868. The van der Waals surface area contributed by atoms with Crippen molar-refractivity contribution in [3.8, 4) is 11.3 Å². The second-order valence-electron chi connectivity index (χ2n) is 8.92. The Balaban J connectivity index is 1.25. The molecule has 0 saturated carbocycles. The van der Waals surface area contributed by atoms with Gasteiger partial charge >= 0.3 is 0 Å². The third-order valence-corrected chi connectivity index (χ3v) is 7.36. The van der Waals surface area contributed by atoms with Crippen molar-refractivity contribution >= 4 is 34.8 Å². The van der Waals surface area contributed by atoms with Crippen LogP contribution in [0.25, 0.3) is 16.9 Å². The molecule has 5 heterocycles. The van der Waals surface area contributed by atoms with Gasteiger partial charge in [-0.15, -0.1) is 0 Å². The lowest BCUT2D eigenvalue weighted by molar-refractivity contribution is -0.0503. The quantitative estimate of drug-likeness (QED) is 0.373. The van der Waals surface area contributed by atoms with Crippen LogP contribution in [0.5, 0.6) is 0 Å². The van der Waals surface area contributed by atoms with Gasteiger partial charge in [-0.3, -0.25) is 9.69 Å². The number of nitrogens with zero attached hydrogens (tertiary/aromatic N) is 4. The van der Waals surface area contributed by atoms with E-state index in [1.807, 2.05) is 53.6 Å². The summed E-state index contributed by atoms with van der Waals surface area (Å²) in [6.45, 7) is 2.20. The molecule has 2 aromatic heterocycles. The van der Waals surface area contributed by atoms with Gasteiger partial charge in [0.25, 0.3) is 5.91 Å². The highest BCUT2D eigenvalue weighted by Crippen LogP contribution is 2.36. The van der Waals surface area contributed by atoms with E-state index in [0.29, 0.717) is 11.6 Å². The van der Waals surface area contributed by atoms with E-state index in [-0.39, 0.29) is 28.6 Å². The molecular weight excluding hydrogens is 474 g/mol. The molecule has 8 heteroatoms. The summed E-state index contributed by atoms with van der Waals surface area (Å²) in [6, 6.07) is 17.8. The van der Waals surface area contributed by atoms with Crippen molar-refractivity contribution in [1.29, 1.82) is 0 Å². The first-order valence-corrected chi connectivity index (χ1v) is 12.0. The third-order valence-electron chi connectivity index (χ3n) is 6.78. The van der Waals surface area contributed by atoms with Gasteiger partial charge in [0.1, 0.15) is 11.5 Å². The fourth-order valence-corrected chi connectivity index (χ4v) is 5.53. The Hall–Kier alpha value is -2.93. The molecule has 3 saturated heterocycles. The molecular formula is C26H21Cl2FN4O. The van der Waals surface area contributed by atoms with Gasteiger partial charge in [-0.05, 0) is 48.9 Å². The number of pyridine rings is 1. The zero-order chi connectivity index (χ0) is 23.4. The van der Waals surface area contributed by atoms with Crippen LogP contribution in [-0.2, 0) is 6.54 Å². The summed E-state index contributed by atoms with van der Waals surface area (Å²) in [5.74, 6) is -0.649. The van der Waals surface area contributed by atoms with Gasteiger partial charge in [-0.25, -0.2) is 9.37 Å². The van der Waals surface area contributed by atoms with Gasteiger partial charge in [0.2, 0.25) is 0 Å². The summed E-state index contributed by atoms with van der Waals surface area (Å²) in [5.41, 5.74) is 4.17. The smallest absolute Gasteiger partial charge is 0.256 e. The Labute approximate surface area is 206 Å². The van der Waals surface area contributed by atoms with Gasteiger partial charge in [-0.2, -0.15) is 0 Å². The molecule has 3 fully saturated rings. The number of imidazole rings is 1. The molecule has 0 aliphatic carbocycles. The highest BCUT2D eigenvalue weighted by Gasteiger charge is 2.47. The molecule has 1 amide bonds. The number of carbonyl (C=O) groups is 1. The molecule has 0 spiro atoms. The SMILES string of the molecule is O=C(c1cc(F)ccc1Cl)N1C2CC1CN(Cc1c(-c3ccc(Cl)cc3)nc3ccccn13)C2. The first kappa shape index (κ1) is 21.6. The van der Waals surface area contributed by atoms with Gasteiger partial charge in [0.15, 0.2) is 0 Å². The first-order chi connectivity index (χ1) is 16.5. The lowest BCUT2D eigenvalue weighted by Crippen LogP contribution is -2.69. The minimum atomic E-state index is -0.456. The number of benzene rings is 2. The topological polar surface area (TPSA) is 40.9 Å². The average Bonchev–Trinajstić information content (AvgIpc) is 3.19. The van der Waals surface area contributed by atoms with Crippen LogP contribution in [0, 0.1) is 5.82 Å². The van der Waals surface area contributed by atoms with Crippen LogP contribution < -0.4 is 0 Å². The summed E-state index contributed by atoms with van der Waals surface area (Å²) >= 11 is 12.3. The number of carbonyl (C=O) groups excluding carboxylic acids is 1. The van der Waals surface area contributed by atoms with E-state index in [2.05, 4.69) is 9.30 Å². The molecule has 0 radical (unpaired) electrons. The standard InChI is InChI=1S/C26H21Cl2FN4O/c27-17-6-4-16(5-7-17)25-23(32-10-2-1-3-24(32)30-25)15-31-13-19-12-20(14-31)33(19)26(34)21-11-18(29)8-9-22(21)28/h1-11,19-20H,12-15H2. The molecule has 2 bridgehead atoms. The number of aromatic nitrogens is 2. The molecule has 172 valence electrons. The van der Waals surface area contributed by atoms with E-state index < -0.39 is 5.82 Å². The number of piperidine rings is 1. The molecule has 3 aliphatic rings. The first-order valence-electron chi connectivity index (χ1n) is 11.2. The predicted molar refractivity (Wildman–Crippen MR) is 131 cm³/mol. The summed E-state index contributed by atoms with van der Waals surface area (Å²) in [5, 5.41) is 0.972. The predicted octanol–water partition coefficient (Wildman–Crippen LogP) is 5.55. The molecule has 3 aliphatic heterocycles. The average molecular weight is 495 g/mol. The molecule has 7 rings (SSSR count). The number of amides is 1. The number of piperazine rings is 1. The van der Waals surface area contributed by atoms with Crippen molar-refractivity contribution in [2.75, 3.05) is 13.1 Å². The maximum atomic E-state index is 13.7. The summed E-state index contributed by atoms with van der Waals surface area (Å²) in [7, 11) is 0. The zero-order valence-electron chi connectivity index (χ0n) is 18.2. The van der Waals surface area contributed by atoms with Crippen molar-refractivity contribution in [3.05, 3.63) is 94.0 Å². The highest BCUT2D eigenvalue weighted by molar-refractivity contribution is 6.33. The molecule has 0 N–H and O–H groups in total.